The fourth-order valence-corrected chi connectivity index (χ4v) is 4.06. The first-order valence-electron chi connectivity index (χ1n) is 8.01. The van der Waals surface area contributed by atoms with Crippen LogP contribution < -0.4 is 4.90 Å². The van der Waals surface area contributed by atoms with Crippen LogP contribution in [-0.2, 0) is 9.53 Å². The summed E-state index contributed by atoms with van der Waals surface area (Å²) >= 11 is 2.90. The number of thiophene rings is 1. The van der Waals surface area contributed by atoms with Crippen molar-refractivity contribution in [1.82, 2.24) is 4.98 Å². The van der Waals surface area contributed by atoms with Crippen molar-refractivity contribution in [3.63, 3.8) is 0 Å². The molecular formula is C19H18N2O3S2. The quantitative estimate of drug-likeness (QED) is 0.469. The molecule has 134 valence electrons. The summed E-state index contributed by atoms with van der Waals surface area (Å²) in [5, 5.41) is 4.34. The van der Waals surface area contributed by atoms with E-state index >= 15 is 0 Å². The fourth-order valence-electron chi connectivity index (χ4n) is 2.44. The minimum absolute atomic E-state index is 0.119. The van der Waals surface area contributed by atoms with E-state index < -0.39 is 0 Å². The molecular weight excluding hydrogens is 368 g/mol. The van der Waals surface area contributed by atoms with Crippen LogP contribution in [0.2, 0.25) is 0 Å². The summed E-state index contributed by atoms with van der Waals surface area (Å²) in [6, 6.07) is 13.4. The maximum absolute atomic E-state index is 13.0. The summed E-state index contributed by atoms with van der Waals surface area (Å²) < 4.78 is 4.68. The number of hydrogen-bond donors (Lipinski definition) is 0. The van der Waals surface area contributed by atoms with E-state index in [-0.39, 0.29) is 18.3 Å². The number of esters is 1. The van der Waals surface area contributed by atoms with Gasteiger partial charge in [0.1, 0.15) is 5.03 Å². The molecule has 0 aliphatic carbocycles. The standard InChI is InChI=1S/C19H18N2O3S2/c1-21(16-8-5-10-25-16)19(23)14-12-13-6-3-4-7-15(13)20-18(14)26-11-9-17(22)24-2/h3-8,10,12H,9,11H2,1-2H3. The largest absolute Gasteiger partial charge is 0.469 e. The van der Waals surface area contributed by atoms with Gasteiger partial charge in [0.2, 0.25) is 0 Å². The van der Waals surface area contributed by atoms with E-state index in [9.17, 15) is 9.59 Å². The second kappa shape index (κ2) is 8.33. The van der Waals surface area contributed by atoms with E-state index in [4.69, 9.17) is 0 Å². The number of ether oxygens (including phenoxy) is 1. The lowest BCUT2D eigenvalue weighted by atomic mass is 10.1. The van der Waals surface area contributed by atoms with Crippen molar-refractivity contribution in [2.24, 2.45) is 0 Å². The molecule has 0 atom stereocenters. The highest BCUT2D eigenvalue weighted by molar-refractivity contribution is 7.99. The monoisotopic (exact) mass is 386 g/mol. The predicted molar refractivity (Wildman–Crippen MR) is 106 cm³/mol. The Bertz CT molecular complexity index is 926. The number of para-hydroxylation sites is 1. The maximum Gasteiger partial charge on any atom is 0.306 e. The molecule has 0 N–H and O–H groups in total. The first kappa shape index (κ1) is 18.4. The van der Waals surface area contributed by atoms with E-state index in [2.05, 4.69) is 9.72 Å². The molecule has 0 saturated heterocycles. The van der Waals surface area contributed by atoms with Crippen molar-refractivity contribution in [1.29, 1.82) is 0 Å². The van der Waals surface area contributed by atoms with Gasteiger partial charge in [-0.3, -0.25) is 9.59 Å². The van der Waals surface area contributed by atoms with Crippen LogP contribution in [-0.4, -0.2) is 36.8 Å². The molecule has 0 radical (unpaired) electrons. The SMILES string of the molecule is COC(=O)CCSc1nc2ccccc2cc1C(=O)N(C)c1cccs1. The Morgan fingerprint density at radius 2 is 2.04 bits per heavy atom. The van der Waals surface area contributed by atoms with Crippen molar-refractivity contribution in [2.75, 3.05) is 24.8 Å². The van der Waals surface area contributed by atoms with Crippen molar-refractivity contribution in [3.8, 4) is 0 Å². The lowest BCUT2D eigenvalue weighted by Gasteiger charge is -2.17. The molecule has 2 aromatic heterocycles. The van der Waals surface area contributed by atoms with Gasteiger partial charge in [0.05, 0.1) is 29.6 Å². The van der Waals surface area contributed by atoms with Gasteiger partial charge in [0, 0.05) is 18.2 Å². The molecule has 0 saturated carbocycles. The van der Waals surface area contributed by atoms with E-state index in [1.807, 2.05) is 47.8 Å². The number of amides is 1. The van der Waals surface area contributed by atoms with Crippen LogP contribution in [0, 0.1) is 0 Å². The number of carbonyl (C=O) groups is 2. The van der Waals surface area contributed by atoms with Crippen LogP contribution in [0.25, 0.3) is 10.9 Å². The number of fused-ring (bicyclic) bond motifs is 1. The lowest BCUT2D eigenvalue weighted by Crippen LogP contribution is -2.26. The first-order chi connectivity index (χ1) is 12.6. The molecule has 0 aliphatic heterocycles. The highest BCUT2D eigenvalue weighted by atomic mass is 32.2. The number of anilines is 1. The molecule has 7 heteroatoms. The number of carbonyl (C=O) groups excluding carboxylic acids is 2. The third-order valence-electron chi connectivity index (χ3n) is 3.83. The Kier molecular flexibility index (Phi) is 5.90. The Morgan fingerprint density at radius 3 is 2.77 bits per heavy atom. The number of aromatic nitrogens is 1. The van der Waals surface area contributed by atoms with Gasteiger partial charge in [-0.25, -0.2) is 4.98 Å². The van der Waals surface area contributed by atoms with E-state index in [1.165, 1.54) is 30.2 Å². The normalized spacial score (nSPS) is 10.7. The number of rotatable bonds is 6. The molecule has 3 aromatic rings. The Labute approximate surface area is 160 Å². The summed E-state index contributed by atoms with van der Waals surface area (Å²) in [5.74, 6) is 0.106. The lowest BCUT2D eigenvalue weighted by molar-refractivity contribution is -0.140. The molecule has 1 amide bonds. The van der Waals surface area contributed by atoms with Gasteiger partial charge in [-0.05, 0) is 29.6 Å². The van der Waals surface area contributed by atoms with Crippen LogP contribution >= 0.6 is 23.1 Å². The molecule has 5 nitrogen and oxygen atoms in total. The second-order valence-corrected chi connectivity index (χ2v) is 7.53. The molecule has 0 aliphatic rings. The van der Waals surface area contributed by atoms with Crippen LogP contribution in [0.4, 0.5) is 5.00 Å². The summed E-state index contributed by atoms with van der Waals surface area (Å²) in [6.07, 6.45) is 0.268. The van der Waals surface area contributed by atoms with Crippen LogP contribution in [0.3, 0.4) is 0 Å². The van der Waals surface area contributed by atoms with Gasteiger partial charge in [0.25, 0.3) is 5.91 Å². The summed E-state index contributed by atoms with van der Waals surface area (Å²) in [7, 11) is 3.12. The molecule has 0 spiro atoms. The smallest absolute Gasteiger partial charge is 0.306 e. The van der Waals surface area contributed by atoms with Gasteiger partial charge in [-0.1, -0.05) is 18.2 Å². The molecule has 2 heterocycles. The van der Waals surface area contributed by atoms with E-state index in [0.717, 1.165) is 15.9 Å². The zero-order chi connectivity index (χ0) is 18.5. The maximum atomic E-state index is 13.0. The number of thioether (sulfide) groups is 1. The third kappa shape index (κ3) is 4.05. The van der Waals surface area contributed by atoms with Gasteiger partial charge in [-0.15, -0.1) is 23.1 Å². The number of benzene rings is 1. The van der Waals surface area contributed by atoms with Crippen molar-refractivity contribution < 1.29 is 14.3 Å². The van der Waals surface area contributed by atoms with Gasteiger partial charge in [-0.2, -0.15) is 0 Å². The average Bonchev–Trinajstić information content (AvgIpc) is 3.20. The minimum atomic E-state index is -0.276. The molecule has 0 fully saturated rings. The average molecular weight is 386 g/mol. The Morgan fingerprint density at radius 1 is 1.23 bits per heavy atom. The van der Waals surface area contributed by atoms with Gasteiger partial charge in [0.15, 0.2) is 0 Å². The summed E-state index contributed by atoms with van der Waals surface area (Å²) in [5.41, 5.74) is 1.36. The Hall–Kier alpha value is -2.38. The van der Waals surface area contributed by atoms with Crippen molar-refractivity contribution in [2.45, 2.75) is 11.4 Å². The molecule has 0 bridgehead atoms. The molecule has 0 unspecified atom stereocenters. The first-order valence-corrected chi connectivity index (χ1v) is 9.87. The van der Waals surface area contributed by atoms with Gasteiger partial charge < -0.3 is 9.64 Å². The zero-order valence-corrected chi connectivity index (χ0v) is 16.1. The predicted octanol–water partition coefficient (Wildman–Crippen LogP) is 4.23. The highest BCUT2D eigenvalue weighted by Crippen LogP contribution is 2.29. The topological polar surface area (TPSA) is 59.5 Å². The molecule has 3 rings (SSSR count). The highest BCUT2D eigenvalue weighted by Gasteiger charge is 2.20. The Balaban J connectivity index is 1.94. The number of methoxy groups -OCH3 is 1. The zero-order valence-electron chi connectivity index (χ0n) is 14.5. The number of hydrogen-bond acceptors (Lipinski definition) is 6. The minimum Gasteiger partial charge on any atom is -0.469 e. The summed E-state index contributed by atoms with van der Waals surface area (Å²) in [6.45, 7) is 0. The number of pyridine rings is 1. The summed E-state index contributed by atoms with van der Waals surface area (Å²) in [4.78, 5) is 30.7. The molecule has 1 aromatic carbocycles. The van der Waals surface area contributed by atoms with Crippen molar-refractivity contribution >= 4 is 50.9 Å². The van der Waals surface area contributed by atoms with E-state index in [1.54, 1.807) is 11.9 Å². The second-order valence-electron chi connectivity index (χ2n) is 5.52. The van der Waals surface area contributed by atoms with Crippen LogP contribution in [0.15, 0.2) is 52.9 Å². The van der Waals surface area contributed by atoms with E-state index in [0.29, 0.717) is 16.3 Å². The van der Waals surface area contributed by atoms with Gasteiger partial charge >= 0.3 is 5.97 Å². The van der Waals surface area contributed by atoms with Crippen LogP contribution in [0.5, 0.6) is 0 Å². The van der Waals surface area contributed by atoms with Crippen molar-refractivity contribution in [3.05, 3.63) is 53.4 Å². The van der Waals surface area contributed by atoms with Crippen LogP contribution in [0.1, 0.15) is 16.8 Å². The fraction of sp³-hybridized carbons (Fsp3) is 0.211. The number of nitrogens with zero attached hydrogens (tertiary/aromatic N) is 2. The third-order valence-corrected chi connectivity index (χ3v) is 5.77. The molecule has 26 heavy (non-hydrogen) atoms.